The lowest BCUT2D eigenvalue weighted by atomic mass is 10.2. The van der Waals surface area contributed by atoms with Crippen LogP contribution in [0.25, 0.3) is 10.2 Å². The molecular weight excluding hydrogens is 232 g/mol. The molecule has 1 N–H and O–H groups in total. The van der Waals surface area contributed by atoms with Gasteiger partial charge in [-0.05, 0) is 37.2 Å². The highest BCUT2D eigenvalue weighted by Gasteiger charge is 2.36. The van der Waals surface area contributed by atoms with Crippen molar-refractivity contribution < 1.29 is 0 Å². The molecule has 17 heavy (non-hydrogen) atoms. The van der Waals surface area contributed by atoms with Gasteiger partial charge >= 0.3 is 0 Å². The van der Waals surface area contributed by atoms with E-state index in [-0.39, 0.29) is 0 Å². The van der Waals surface area contributed by atoms with Crippen LogP contribution in [0.2, 0.25) is 0 Å². The minimum absolute atomic E-state index is 0.604. The van der Waals surface area contributed by atoms with E-state index in [1.165, 1.54) is 30.8 Å². The van der Waals surface area contributed by atoms with E-state index in [1.54, 1.807) is 6.33 Å². The molecule has 0 radical (unpaired) electrons. The van der Waals surface area contributed by atoms with Gasteiger partial charge in [0.2, 0.25) is 0 Å². The van der Waals surface area contributed by atoms with Crippen LogP contribution in [0.15, 0.2) is 6.33 Å². The maximum Gasteiger partial charge on any atom is 0.149 e. The van der Waals surface area contributed by atoms with Crippen LogP contribution in [0.1, 0.15) is 31.9 Å². The van der Waals surface area contributed by atoms with E-state index in [4.69, 9.17) is 0 Å². The van der Waals surface area contributed by atoms with E-state index in [0.29, 0.717) is 6.04 Å². The first kappa shape index (κ1) is 10.9. The van der Waals surface area contributed by atoms with Crippen LogP contribution in [0.4, 0.5) is 5.82 Å². The van der Waals surface area contributed by atoms with Gasteiger partial charge in [-0.2, -0.15) is 4.37 Å². The Bertz CT molecular complexity index is 536. The number of fused-ring (bicyclic) bond motifs is 1. The number of nitrogens with zero attached hydrogens (tertiary/aromatic N) is 3. The maximum absolute atomic E-state index is 4.36. The summed E-state index contributed by atoms with van der Waals surface area (Å²) < 4.78 is 4.34. The number of aromatic nitrogens is 3. The zero-order chi connectivity index (χ0) is 11.8. The second-order valence-corrected chi connectivity index (χ2v) is 5.46. The number of hydrogen-bond acceptors (Lipinski definition) is 5. The van der Waals surface area contributed by atoms with Gasteiger partial charge in [0.15, 0.2) is 0 Å². The fourth-order valence-electron chi connectivity index (χ4n) is 2.32. The van der Waals surface area contributed by atoms with E-state index < -0.39 is 0 Å². The van der Waals surface area contributed by atoms with E-state index in [0.717, 1.165) is 27.6 Å². The molecule has 0 aromatic carbocycles. The van der Waals surface area contributed by atoms with E-state index in [9.17, 15) is 0 Å². The van der Waals surface area contributed by atoms with Gasteiger partial charge in [0, 0.05) is 6.04 Å². The van der Waals surface area contributed by atoms with Crippen molar-refractivity contribution in [3.05, 3.63) is 12.0 Å². The highest BCUT2D eigenvalue weighted by atomic mass is 32.1. The van der Waals surface area contributed by atoms with Gasteiger partial charge in [-0.15, -0.1) is 0 Å². The molecule has 5 heteroatoms. The summed E-state index contributed by atoms with van der Waals surface area (Å²) in [4.78, 5) is 9.59. The fourth-order valence-corrected chi connectivity index (χ4v) is 3.07. The molecule has 2 heterocycles. The SMILES string of the molecule is CCCC1CC1Nc1ncnc2snc(C)c12. The van der Waals surface area contributed by atoms with Crippen molar-refractivity contribution >= 4 is 27.6 Å². The maximum atomic E-state index is 4.36. The molecule has 2 unspecified atom stereocenters. The molecule has 90 valence electrons. The molecule has 0 aliphatic heterocycles. The Morgan fingerprint density at radius 2 is 2.35 bits per heavy atom. The first-order valence-electron chi connectivity index (χ1n) is 6.13. The Labute approximate surface area is 105 Å². The summed E-state index contributed by atoms with van der Waals surface area (Å²) in [6, 6.07) is 0.604. The monoisotopic (exact) mass is 248 g/mol. The van der Waals surface area contributed by atoms with Crippen LogP contribution in [0, 0.1) is 12.8 Å². The van der Waals surface area contributed by atoms with Crippen LogP contribution in [-0.2, 0) is 0 Å². The summed E-state index contributed by atoms with van der Waals surface area (Å²) in [5.41, 5.74) is 1.03. The van der Waals surface area contributed by atoms with Crippen molar-refractivity contribution in [3.63, 3.8) is 0 Å². The second kappa shape index (κ2) is 4.22. The number of hydrogen-bond donors (Lipinski definition) is 1. The summed E-state index contributed by atoms with van der Waals surface area (Å²) in [6.45, 7) is 4.26. The van der Waals surface area contributed by atoms with Gasteiger partial charge in [0.05, 0.1) is 11.1 Å². The Hall–Kier alpha value is -1.23. The molecule has 4 nitrogen and oxygen atoms in total. The molecule has 0 spiro atoms. The smallest absolute Gasteiger partial charge is 0.149 e. The number of anilines is 1. The lowest BCUT2D eigenvalue weighted by molar-refractivity contribution is 0.692. The topological polar surface area (TPSA) is 50.7 Å². The van der Waals surface area contributed by atoms with E-state index >= 15 is 0 Å². The minimum atomic E-state index is 0.604. The van der Waals surface area contributed by atoms with Crippen LogP contribution in [0.5, 0.6) is 0 Å². The number of rotatable bonds is 4. The molecule has 1 saturated carbocycles. The number of aryl methyl sites for hydroxylation is 1. The summed E-state index contributed by atoms with van der Waals surface area (Å²) in [7, 11) is 0. The summed E-state index contributed by atoms with van der Waals surface area (Å²) >= 11 is 1.45. The molecule has 1 fully saturated rings. The molecule has 2 aromatic rings. The Morgan fingerprint density at radius 1 is 1.47 bits per heavy atom. The molecule has 0 amide bonds. The van der Waals surface area contributed by atoms with Crippen molar-refractivity contribution in [1.82, 2.24) is 14.3 Å². The van der Waals surface area contributed by atoms with Crippen molar-refractivity contribution in [2.75, 3.05) is 5.32 Å². The molecule has 0 bridgehead atoms. The number of nitrogens with one attached hydrogen (secondary N) is 1. The first-order valence-corrected chi connectivity index (χ1v) is 6.90. The predicted molar refractivity (Wildman–Crippen MR) is 70.4 cm³/mol. The zero-order valence-electron chi connectivity index (χ0n) is 10.1. The quantitative estimate of drug-likeness (QED) is 0.903. The van der Waals surface area contributed by atoms with Crippen LogP contribution >= 0.6 is 11.5 Å². The molecule has 1 aliphatic rings. The van der Waals surface area contributed by atoms with Gasteiger partial charge in [0.1, 0.15) is 17.0 Å². The average Bonchev–Trinajstić information content (AvgIpc) is 2.93. The van der Waals surface area contributed by atoms with Gasteiger partial charge in [-0.25, -0.2) is 9.97 Å². The molecule has 1 aliphatic carbocycles. The average molecular weight is 248 g/mol. The van der Waals surface area contributed by atoms with Crippen molar-refractivity contribution in [2.45, 2.75) is 39.2 Å². The van der Waals surface area contributed by atoms with Gasteiger partial charge in [-0.1, -0.05) is 13.3 Å². The zero-order valence-corrected chi connectivity index (χ0v) is 10.9. The molecule has 2 atom stereocenters. The van der Waals surface area contributed by atoms with Gasteiger partial charge < -0.3 is 5.32 Å². The summed E-state index contributed by atoms with van der Waals surface area (Å²) in [5.74, 6) is 1.79. The Balaban J connectivity index is 1.84. The molecular formula is C12H16N4S. The summed E-state index contributed by atoms with van der Waals surface area (Å²) in [5, 5.41) is 4.63. The minimum Gasteiger partial charge on any atom is -0.366 e. The normalized spacial score (nSPS) is 22.9. The Kier molecular flexibility index (Phi) is 2.70. The van der Waals surface area contributed by atoms with Crippen LogP contribution in [0.3, 0.4) is 0 Å². The van der Waals surface area contributed by atoms with Crippen molar-refractivity contribution in [1.29, 1.82) is 0 Å². The highest BCUT2D eigenvalue weighted by Crippen LogP contribution is 2.38. The van der Waals surface area contributed by atoms with Gasteiger partial charge in [-0.3, -0.25) is 0 Å². The molecule has 0 saturated heterocycles. The van der Waals surface area contributed by atoms with Gasteiger partial charge in [0.25, 0.3) is 0 Å². The lowest BCUT2D eigenvalue weighted by Crippen LogP contribution is -2.07. The summed E-state index contributed by atoms with van der Waals surface area (Å²) in [6.07, 6.45) is 5.48. The van der Waals surface area contributed by atoms with Crippen molar-refractivity contribution in [2.24, 2.45) is 5.92 Å². The van der Waals surface area contributed by atoms with E-state index in [1.807, 2.05) is 6.92 Å². The fraction of sp³-hybridized carbons (Fsp3) is 0.583. The van der Waals surface area contributed by atoms with Crippen LogP contribution in [-0.4, -0.2) is 20.4 Å². The third-order valence-electron chi connectivity index (χ3n) is 3.35. The first-order chi connectivity index (χ1) is 8.29. The molecule has 2 aromatic heterocycles. The lowest BCUT2D eigenvalue weighted by Gasteiger charge is -2.05. The largest absolute Gasteiger partial charge is 0.366 e. The highest BCUT2D eigenvalue weighted by molar-refractivity contribution is 7.13. The van der Waals surface area contributed by atoms with Crippen LogP contribution < -0.4 is 5.32 Å². The predicted octanol–water partition coefficient (Wildman–Crippen LogP) is 3.00. The Morgan fingerprint density at radius 3 is 3.18 bits per heavy atom. The molecule has 3 rings (SSSR count). The van der Waals surface area contributed by atoms with E-state index in [2.05, 4.69) is 26.6 Å². The third kappa shape index (κ3) is 1.99. The standard InChI is InChI=1S/C12H16N4S/c1-3-4-8-5-9(8)15-11-10-7(2)16-17-12(10)14-6-13-11/h6,8-9H,3-5H2,1-2H3,(H,13,14,15). The van der Waals surface area contributed by atoms with Crippen molar-refractivity contribution in [3.8, 4) is 0 Å². The third-order valence-corrected chi connectivity index (χ3v) is 4.20. The second-order valence-electron chi connectivity index (χ2n) is 4.71.